The molecule has 113 heavy (non-hydrogen) atoms. The Balaban J connectivity index is 0.000000173. The minimum atomic E-state index is -3.58. The molecule has 0 radical (unpaired) electrons. The topological polar surface area (TPSA) is 416 Å². The highest BCUT2D eigenvalue weighted by molar-refractivity contribution is 7.90. The van der Waals surface area contributed by atoms with Crippen LogP contribution < -0.4 is 9.80 Å². The Hall–Kier alpha value is -13.3. The van der Waals surface area contributed by atoms with E-state index in [1.165, 1.54) is 97.1 Å². The fourth-order valence-electron chi connectivity index (χ4n) is 11.1. The Morgan fingerprint density at radius 3 is 1.27 bits per heavy atom. The lowest BCUT2D eigenvalue weighted by molar-refractivity contribution is -0.385. The number of carbonyl (C=O) groups excluding carboxylic acids is 7. The minimum absolute atomic E-state index is 0.0262. The van der Waals surface area contributed by atoms with Gasteiger partial charge in [-0.25, -0.2) is 37.2 Å². The molecule has 0 aromatic heterocycles. The van der Waals surface area contributed by atoms with Crippen molar-refractivity contribution in [3.63, 3.8) is 0 Å². The normalized spacial score (nSPS) is 12.7. The van der Waals surface area contributed by atoms with Crippen molar-refractivity contribution in [1.82, 2.24) is 0 Å². The molecular weight excluding hydrogens is 1490 g/mol. The van der Waals surface area contributed by atoms with Crippen molar-refractivity contribution in [3.05, 3.63) is 284 Å². The van der Waals surface area contributed by atoms with Gasteiger partial charge in [-0.05, 0) is 144 Å². The fraction of sp³-hybridized carbons (Fsp3) is 0.237. The summed E-state index contributed by atoms with van der Waals surface area (Å²) < 4.78 is 71.0. The number of esters is 6. The Morgan fingerprint density at radius 2 is 0.814 bits per heavy atom. The van der Waals surface area contributed by atoms with Gasteiger partial charge in [0.15, 0.2) is 22.4 Å². The molecule has 0 spiro atoms. The summed E-state index contributed by atoms with van der Waals surface area (Å²) in [5.74, 6) is -3.77. The van der Waals surface area contributed by atoms with Crippen molar-refractivity contribution in [3.8, 4) is 0 Å². The van der Waals surface area contributed by atoms with E-state index in [1.54, 1.807) is 82.3 Å². The summed E-state index contributed by atoms with van der Waals surface area (Å²) in [4.78, 5) is 126. The number of non-ortho nitro benzene ring substituents is 4. The zero-order chi connectivity index (χ0) is 82.2. The van der Waals surface area contributed by atoms with Crippen LogP contribution in [0, 0.1) is 40.5 Å². The molecule has 0 atom stereocenters. The number of carbonyl (C=O) groups is 7. The van der Waals surface area contributed by atoms with Gasteiger partial charge < -0.3 is 52.4 Å². The van der Waals surface area contributed by atoms with Gasteiger partial charge in [0, 0.05) is 105 Å². The van der Waals surface area contributed by atoms with Crippen LogP contribution in [0.1, 0.15) is 129 Å². The van der Waals surface area contributed by atoms with Crippen molar-refractivity contribution in [2.45, 2.75) is 50.9 Å². The van der Waals surface area contributed by atoms with Crippen molar-refractivity contribution in [1.29, 1.82) is 0 Å². The second-order valence-corrected chi connectivity index (χ2v) is 26.6. The van der Waals surface area contributed by atoms with E-state index in [9.17, 15) is 82.4 Å². The van der Waals surface area contributed by atoms with Crippen LogP contribution in [0.5, 0.6) is 0 Å². The predicted molar refractivity (Wildman–Crippen MR) is 412 cm³/mol. The molecule has 0 unspecified atom stereocenters. The number of hydrogen-bond acceptors (Lipinski definition) is 28. The number of aldehydes is 1. The van der Waals surface area contributed by atoms with Crippen molar-refractivity contribution in [2.75, 3.05) is 90.8 Å². The molecule has 0 saturated carbocycles. The number of fused-ring (bicyclic) bond motifs is 4. The number of nitro benzene ring substituents is 4. The van der Waals surface area contributed by atoms with Gasteiger partial charge in [-0.3, -0.25) is 45.3 Å². The van der Waals surface area contributed by atoms with Gasteiger partial charge in [-0.15, -0.1) is 0 Å². The third kappa shape index (κ3) is 22.7. The summed E-state index contributed by atoms with van der Waals surface area (Å²) in [7, 11) is 4.21. The van der Waals surface area contributed by atoms with E-state index in [-0.39, 0.29) is 82.1 Å². The van der Waals surface area contributed by atoms with Crippen LogP contribution in [-0.4, -0.2) is 151 Å². The molecule has 3 aliphatic heterocycles. The average Bonchev–Trinajstić information content (AvgIpc) is 1.69. The van der Waals surface area contributed by atoms with Crippen molar-refractivity contribution >= 4 is 118 Å². The molecule has 0 amide bonds. The molecule has 33 heteroatoms. The van der Waals surface area contributed by atoms with Crippen LogP contribution in [0.4, 0.5) is 34.1 Å². The first-order valence-corrected chi connectivity index (χ1v) is 36.3. The van der Waals surface area contributed by atoms with Crippen LogP contribution in [0.15, 0.2) is 193 Å². The quantitative estimate of drug-likeness (QED) is 0.0171. The summed E-state index contributed by atoms with van der Waals surface area (Å²) >= 11 is 0. The monoisotopic (exact) mass is 1570 g/mol. The molecular formula is C80H76N6O26S. The number of anilines is 2. The van der Waals surface area contributed by atoms with Crippen molar-refractivity contribution < 1.29 is 104 Å². The summed E-state index contributed by atoms with van der Waals surface area (Å²) in [6, 6.07) is 49.5. The maximum Gasteiger partial charge on any atom is 0.346 e. The molecule has 0 N–H and O–H groups in total. The minimum Gasteiger partial charge on any atom is -0.462 e. The number of nitrogens with zero attached hydrogens (tertiary/aromatic N) is 6. The summed E-state index contributed by atoms with van der Waals surface area (Å²) in [5, 5.41) is 47.1. The highest BCUT2D eigenvalue weighted by atomic mass is 32.2. The SMILES string of the molecule is CCOC(=O)c1cc2ccc(N(C)C)cc2cc1C(=O)OCC.CCOC(=O)c1cc2ccc([N+](=O)[O-])cc2cc1C(=O)OCC.CN(C)c1ccc2cc3c(cc2c1)C(=O)OC3=O.O=Cc1cccc([N+](=O)[O-])c1.O=[N+]([O-])c1ccc(CS(=O)(=O)c2ccccc2)c(C2OCCO2)c1.O=[N+]([O-])c1cccc(C2OCCO2)c1. The van der Waals surface area contributed by atoms with Gasteiger partial charge in [0.1, 0.15) is 6.29 Å². The predicted octanol–water partition coefficient (Wildman–Crippen LogP) is 14.2. The maximum atomic E-state index is 12.6. The smallest absolute Gasteiger partial charge is 0.346 e. The van der Waals surface area contributed by atoms with E-state index in [1.807, 2.05) is 74.4 Å². The largest absolute Gasteiger partial charge is 0.462 e. The third-order valence-corrected chi connectivity index (χ3v) is 18.3. The van der Waals surface area contributed by atoms with E-state index in [2.05, 4.69) is 4.74 Å². The molecule has 2 fully saturated rings. The maximum absolute atomic E-state index is 12.6. The Morgan fingerprint density at radius 1 is 0.434 bits per heavy atom. The van der Waals surface area contributed by atoms with E-state index in [0.717, 1.165) is 32.9 Å². The molecule has 32 nitrogen and oxygen atoms in total. The average molecular weight is 1570 g/mol. The van der Waals surface area contributed by atoms with Gasteiger partial charge in [0.05, 0.1) is 117 Å². The molecule has 10 aromatic rings. The van der Waals surface area contributed by atoms with Crippen LogP contribution >= 0.6 is 0 Å². The Bertz CT molecular complexity index is 5360. The summed E-state index contributed by atoms with van der Waals surface area (Å²) in [6.07, 6.45) is -0.659. The molecule has 13 rings (SSSR count). The van der Waals surface area contributed by atoms with Crippen LogP contribution in [0.3, 0.4) is 0 Å². The number of nitro groups is 4. The van der Waals surface area contributed by atoms with E-state index < -0.39 is 77.9 Å². The third-order valence-electron chi connectivity index (χ3n) is 16.6. The van der Waals surface area contributed by atoms with Gasteiger partial charge in [0.25, 0.3) is 22.7 Å². The molecule has 3 aliphatic rings. The van der Waals surface area contributed by atoms with E-state index in [0.29, 0.717) is 76.9 Å². The van der Waals surface area contributed by atoms with Crippen LogP contribution in [0.2, 0.25) is 0 Å². The Labute approximate surface area is 645 Å². The van der Waals surface area contributed by atoms with Crippen LogP contribution in [0.25, 0.3) is 32.3 Å². The zero-order valence-electron chi connectivity index (χ0n) is 62.2. The van der Waals surface area contributed by atoms with Gasteiger partial charge in [-0.2, -0.15) is 0 Å². The molecule has 0 bridgehead atoms. The standard InChI is InChI=1S/C18H21NO4.C16H15NO6S.C16H15NO6.C14H11NO3.C9H9NO4.C7H5NO3/c1-5-22-17(20)15-10-12-7-8-14(19(3)4)9-13(12)11-16(15)18(21)23-6-2;18-17(19)13-7-6-12(15(10-13)16-22-8-9-23-16)11-24(20,21)14-4-2-1-3-5-14;1-3-22-15(18)13-8-10-5-6-12(17(20)21)7-11(10)9-14(13)16(19)23-4-2;1-15(2)10-4-3-8-6-11-12(7-9(8)5-10)14(17)18-13(11)16;11-10(12)8-3-1-2-7(6-8)9-13-4-5-14-9;9-5-6-2-1-3-7(4-6)8(10)11/h7-11H,5-6H2,1-4H3;1-7,10,16H,8-9,11H2;5-9H,3-4H2,1-2H3;3-7H,1-2H3;1-3,6,9H,4-5H2;1-5H. The van der Waals surface area contributed by atoms with Gasteiger partial charge in [0.2, 0.25) is 0 Å². The fourth-order valence-corrected chi connectivity index (χ4v) is 12.5. The highest BCUT2D eigenvalue weighted by Gasteiger charge is 2.31. The number of hydrogen-bond donors (Lipinski definition) is 0. The lowest BCUT2D eigenvalue weighted by Gasteiger charge is -2.15. The van der Waals surface area contributed by atoms with E-state index >= 15 is 0 Å². The first-order chi connectivity index (χ1) is 54.0. The van der Waals surface area contributed by atoms with E-state index in [4.69, 9.17) is 37.9 Å². The van der Waals surface area contributed by atoms with Crippen molar-refractivity contribution in [2.24, 2.45) is 0 Å². The number of sulfone groups is 1. The lowest BCUT2D eigenvalue weighted by Crippen LogP contribution is -2.14. The van der Waals surface area contributed by atoms with Crippen LogP contribution in [-0.2, 0) is 58.2 Å². The summed E-state index contributed by atoms with van der Waals surface area (Å²) in [5.41, 5.74) is 4.89. The number of cyclic esters (lactones) is 2. The number of ether oxygens (including phenoxy) is 9. The molecule has 3 heterocycles. The second kappa shape index (κ2) is 39.9. The molecule has 0 aliphatic carbocycles. The first-order valence-electron chi connectivity index (χ1n) is 34.6. The zero-order valence-corrected chi connectivity index (χ0v) is 63.0. The highest BCUT2D eigenvalue weighted by Crippen LogP contribution is 2.34. The molecule has 10 aromatic carbocycles. The molecule has 2 saturated heterocycles. The lowest BCUT2D eigenvalue weighted by atomic mass is 10.00. The first kappa shape index (κ1) is 85.3. The summed E-state index contributed by atoms with van der Waals surface area (Å²) in [6.45, 7) is 9.36. The number of rotatable bonds is 20. The van der Waals surface area contributed by atoms with Gasteiger partial charge in [-0.1, -0.05) is 60.7 Å². The second-order valence-electron chi connectivity index (χ2n) is 24.6. The van der Waals surface area contributed by atoms with Gasteiger partial charge >= 0.3 is 35.8 Å². The number of benzene rings is 10. The Kier molecular flexibility index (Phi) is 30.1. The molecule has 588 valence electrons.